The van der Waals surface area contributed by atoms with Crippen molar-refractivity contribution >= 4 is 23.1 Å². The van der Waals surface area contributed by atoms with Crippen molar-refractivity contribution in [1.82, 2.24) is 19.9 Å². The molecule has 3 aliphatic rings. The molecule has 0 aromatic carbocycles. The van der Waals surface area contributed by atoms with Crippen molar-refractivity contribution in [3.8, 4) is 0 Å². The van der Waals surface area contributed by atoms with E-state index in [0.717, 1.165) is 66.9 Å². The lowest BCUT2D eigenvalue weighted by atomic mass is 9.95. The van der Waals surface area contributed by atoms with E-state index in [2.05, 4.69) is 16.8 Å². The largest absolute Gasteiger partial charge is 0.356 e. The Morgan fingerprint density at radius 1 is 1.14 bits per heavy atom. The zero-order valence-electron chi connectivity index (χ0n) is 17.4. The summed E-state index contributed by atoms with van der Waals surface area (Å²) in [5, 5.41) is 0. The number of carbonyl (C=O) groups excluding carboxylic acids is 1. The van der Waals surface area contributed by atoms with E-state index >= 15 is 0 Å². The second-order valence-electron chi connectivity index (χ2n) is 8.82. The Morgan fingerprint density at radius 3 is 2.76 bits per heavy atom. The maximum atomic E-state index is 13.0. The normalized spacial score (nSPS) is 21.9. The first-order valence-corrected chi connectivity index (χ1v) is 11.8. The van der Waals surface area contributed by atoms with Crippen LogP contribution in [-0.2, 0) is 6.42 Å². The first-order valence-electron chi connectivity index (χ1n) is 10.9. The number of amides is 1. The molecular weight excluding hydrogens is 382 g/mol. The Bertz CT molecular complexity index is 922. The SMILES string of the molecule is Cc1ncsc1C(=O)N1CCC[C@@H](c2nc(C)c3c(n2)N(CC2CC2)CCC3)C1. The molecule has 2 aromatic rings. The summed E-state index contributed by atoms with van der Waals surface area (Å²) in [5.41, 5.74) is 5.06. The smallest absolute Gasteiger partial charge is 0.265 e. The summed E-state index contributed by atoms with van der Waals surface area (Å²) in [6.45, 7) is 7.82. The summed E-state index contributed by atoms with van der Waals surface area (Å²) in [6, 6.07) is 0. The number of hydrogen-bond acceptors (Lipinski definition) is 6. The number of aromatic nitrogens is 3. The zero-order valence-corrected chi connectivity index (χ0v) is 18.2. The molecule has 5 rings (SSSR count). The lowest BCUT2D eigenvalue weighted by Gasteiger charge is -2.34. The minimum Gasteiger partial charge on any atom is -0.356 e. The van der Waals surface area contributed by atoms with E-state index < -0.39 is 0 Å². The van der Waals surface area contributed by atoms with Gasteiger partial charge in [-0.2, -0.15) is 0 Å². The number of nitrogens with zero attached hydrogens (tertiary/aromatic N) is 5. The molecule has 2 fully saturated rings. The van der Waals surface area contributed by atoms with Crippen LogP contribution in [0.1, 0.15) is 70.5 Å². The average Bonchev–Trinajstić information content (AvgIpc) is 3.45. The molecule has 1 atom stereocenters. The number of likely N-dealkylation sites (tertiary alicyclic amines) is 1. The molecule has 1 amide bonds. The highest BCUT2D eigenvalue weighted by Gasteiger charge is 2.32. The minimum absolute atomic E-state index is 0.111. The summed E-state index contributed by atoms with van der Waals surface area (Å²) >= 11 is 1.44. The van der Waals surface area contributed by atoms with Gasteiger partial charge in [-0.1, -0.05) is 0 Å². The molecule has 0 radical (unpaired) electrons. The zero-order chi connectivity index (χ0) is 20.0. The van der Waals surface area contributed by atoms with E-state index in [0.29, 0.717) is 6.54 Å². The first kappa shape index (κ1) is 19.0. The van der Waals surface area contributed by atoms with E-state index in [-0.39, 0.29) is 11.8 Å². The standard InChI is InChI=1S/C22H29N5OS/c1-14-18-6-4-9-26(11-16-7-8-16)21(18)25-20(24-14)17-5-3-10-27(12-17)22(28)19-15(2)23-13-29-19/h13,16-17H,3-12H2,1-2H3/t17-/m1/s1. The van der Waals surface area contributed by atoms with Gasteiger partial charge in [-0.05, 0) is 58.3 Å². The number of anilines is 1. The minimum atomic E-state index is 0.111. The van der Waals surface area contributed by atoms with Gasteiger partial charge < -0.3 is 9.80 Å². The van der Waals surface area contributed by atoms with Gasteiger partial charge in [0.25, 0.3) is 5.91 Å². The maximum Gasteiger partial charge on any atom is 0.265 e. The van der Waals surface area contributed by atoms with Crippen LogP contribution in [0.25, 0.3) is 0 Å². The number of carbonyl (C=O) groups is 1. The topological polar surface area (TPSA) is 62.2 Å². The van der Waals surface area contributed by atoms with Crippen LogP contribution in [0, 0.1) is 19.8 Å². The highest BCUT2D eigenvalue weighted by atomic mass is 32.1. The number of hydrogen-bond donors (Lipinski definition) is 0. The van der Waals surface area contributed by atoms with Gasteiger partial charge >= 0.3 is 0 Å². The monoisotopic (exact) mass is 411 g/mol. The molecule has 29 heavy (non-hydrogen) atoms. The van der Waals surface area contributed by atoms with Crippen molar-refractivity contribution in [2.75, 3.05) is 31.1 Å². The Labute approximate surface area is 176 Å². The Morgan fingerprint density at radius 2 is 2.00 bits per heavy atom. The van der Waals surface area contributed by atoms with Gasteiger partial charge in [0.05, 0.1) is 11.2 Å². The highest BCUT2D eigenvalue weighted by molar-refractivity contribution is 7.11. The van der Waals surface area contributed by atoms with Crippen molar-refractivity contribution in [3.63, 3.8) is 0 Å². The van der Waals surface area contributed by atoms with Gasteiger partial charge in [0.15, 0.2) is 0 Å². The van der Waals surface area contributed by atoms with E-state index in [1.807, 2.05) is 11.8 Å². The molecule has 0 bridgehead atoms. The van der Waals surface area contributed by atoms with Gasteiger partial charge in [0, 0.05) is 43.4 Å². The molecule has 0 unspecified atom stereocenters. The van der Waals surface area contributed by atoms with E-state index in [9.17, 15) is 4.79 Å². The summed E-state index contributed by atoms with van der Waals surface area (Å²) < 4.78 is 0. The second-order valence-corrected chi connectivity index (χ2v) is 9.67. The van der Waals surface area contributed by atoms with Crippen LogP contribution < -0.4 is 4.90 Å². The third-order valence-corrected chi connectivity index (χ3v) is 7.47. The summed E-state index contributed by atoms with van der Waals surface area (Å²) in [5.74, 6) is 3.29. The molecule has 1 saturated heterocycles. The number of fused-ring (bicyclic) bond motifs is 1. The molecule has 4 heterocycles. The van der Waals surface area contributed by atoms with E-state index in [1.165, 1.54) is 42.0 Å². The van der Waals surface area contributed by atoms with E-state index in [4.69, 9.17) is 9.97 Å². The lowest BCUT2D eigenvalue weighted by molar-refractivity contribution is 0.0708. The summed E-state index contributed by atoms with van der Waals surface area (Å²) in [7, 11) is 0. The second kappa shape index (κ2) is 7.67. The molecule has 1 aliphatic carbocycles. The predicted octanol–water partition coefficient (Wildman–Crippen LogP) is 3.73. The maximum absolute atomic E-state index is 13.0. The lowest BCUT2D eigenvalue weighted by Crippen LogP contribution is -2.40. The molecule has 2 aromatic heterocycles. The third-order valence-electron chi connectivity index (χ3n) is 6.55. The van der Waals surface area contributed by atoms with Crippen LogP contribution in [0.5, 0.6) is 0 Å². The molecular formula is C22H29N5OS. The van der Waals surface area contributed by atoms with Gasteiger partial charge in [0.1, 0.15) is 16.5 Å². The number of aryl methyl sites for hydroxylation is 2. The van der Waals surface area contributed by atoms with Crippen LogP contribution in [0.3, 0.4) is 0 Å². The van der Waals surface area contributed by atoms with Crippen molar-refractivity contribution in [2.45, 2.75) is 58.3 Å². The summed E-state index contributed by atoms with van der Waals surface area (Å²) in [6.07, 6.45) is 7.05. The first-order chi connectivity index (χ1) is 14.1. The van der Waals surface area contributed by atoms with Gasteiger partial charge in [-0.15, -0.1) is 11.3 Å². The van der Waals surface area contributed by atoms with Gasteiger partial charge in [-0.3, -0.25) is 4.79 Å². The predicted molar refractivity (Wildman–Crippen MR) is 115 cm³/mol. The Kier molecular flexibility index (Phi) is 5.02. The summed E-state index contributed by atoms with van der Waals surface area (Å²) in [4.78, 5) is 32.5. The third kappa shape index (κ3) is 3.77. The quantitative estimate of drug-likeness (QED) is 0.767. The molecule has 0 spiro atoms. The molecule has 0 N–H and O–H groups in total. The van der Waals surface area contributed by atoms with Gasteiger partial charge in [-0.25, -0.2) is 15.0 Å². The van der Waals surface area contributed by atoms with E-state index in [1.54, 1.807) is 5.51 Å². The fraction of sp³-hybridized carbons (Fsp3) is 0.636. The Hall–Kier alpha value is -2.02. The number of piperidine rings is 1. The van der Waals surface area contributed by atoms with Crippen LogP contribution in [0.4, 0.5) is 5.82 Å². The molecule has 7 heteroatoms. The van der Waals surface area contributed by atoms with Crippen molar-refractivity contribution in [3.05, 3.63) is 33.2 Å². The van der Waals surface area contributed by atoms with Crippen LogP contribution in [-0.4, -0.2) is 51.9 Å². The van der Waals surface area contributed by atoms with Crippen LogP contribution in [0.2, 0.25) is 0 Å². The van der Waals surface area contributed by atoms with Crippen molar-refractivity contribution in [2.24, 2.45) is 5.92 Å². The fourth-order valence-electron chi connectivity index (χ4n) is 4.70. The van der Waals surface area contributed by atoms with Gasteiger partial charge in [0.2, 0.25) is 0 Å². The number of thiazole rings is 1. The molecule has 1 saturated carbocycles. The number of rotatable bonds is 4. The van der Waals surface area contributed by atoms with Crippen LogP contribution in [0.15, 0.2) is 5.51 Å². The molecule has 154 valence electrons. The van der Waals surface area contributed by atoms with Crippen LogP contribution >= 0.6 is 11.3 Å². The highest BCUT2D eigenvalue weighted by Crippen LogP contribution is 2.36. The van der Waals surface area contributed by atoms with Crippen molar-refractivity contribution in [1.29, 1.82) is 0 Å². The fourth-order valence-corrected chi connectivity index (χ4v) is 5.47. The Balaban J connectivity index is 1.39. The van der Waals surface area contributed by atoms with Crippen molar-refractivity contribution < 1.29 is 4.79 Å². The molecule has 6 nitrogen and oxygen atoms in total. The average molecular weight is 412 g/mol. The molecule has 2 aliphatic heterocycles.